The number of rotatable bonds is 5. The molecule has 0 fully saturated rings. The first-order valence-corrected chi connectivity index (χ1v) is 13.3. The van der Waals surface area contributed by atoms with E-state index in [2.05, 4.69) is 5.32 Å². The van der Waals surface area contributed by atoms with Crippen molar-refractivity contribution < 1.29 is 17.9 Å². The Hall–Kier alpha value is -3.63. The SMILES string of the molecule is CC(C)n1c(=O)sc2cc(NC(=O)[C@@H]3CN(S(=O)(=O)c4ccccc4)c4ccccc4O3)ccc21. The number of anilines is 2. The summed E-state index contributed by atoms with van der Waals surface area (Å²) in [5, 5.41) is 2.81. The average molecular weight is 510 g/mol. The van der Waals surface area contributed by atoms with Gasteiger partial charge in [0.1, 0.15) is 5.75 Å². The quantitative estimate of drug-likeness (QED) is 0.434. The van der Waals surface area contributed by atoms with Gasteiger partial charge >= 0.3 is 4.87 Å². The second-order valence-electron chi connectivity index (χ2n) is 8.43. The van der Waals surface area contributed by atoms with Crippen LogP contribution in [0.4, 0.5) is 11.4 Å². The van der Waals surface area contributed by atoms with E-state index in [4.69, 9.17) is 4.74 Å². The van der Waals surface area contributed by atoms with Crippen molar-refractivity contribution in [3.8, 4) is 5.75 Å². The number of fused-ring (bicyclic) bond motifs is 2. The van der Waals surface area contributed by atoms with E-state index in [0.717, 1.165) is 21.6 Å². The van der Waals surface area contributed by atoms with Gasteiger partial charge in [-0.05, 0) is 56.3 Å². The van der Waals surface area contributed by atoms with Crippen LogP contribution in [0.1, 0.15) is 19.9 Å². The van der Waals surface area contributed by atoms with Gasteiger partial charge in [-0.1, -0.05) is 41.7 Å². The molecule has 0 radical (unpaired) electrons. The number of amides is 1. The molecule has 1 atom stereocenters. The van der Waals surface area contributed by atoms with Crippen molar-refractivity contribution in [1.82, 2.24) is 4.57 Å². The van der Waals surface area contributed by atoms with Crippen LogP contribution < -0.4 is 19.2 Å². The van der Waals surface area contributed by atoms with Crippen LogP contribution in [0.2, 0.25) is 0 Å². The monoisotopic (exact) mass is 509 g/mol. The highest BCUT2D eigenvalue weighted by Crippen LogP contribution is 2.37. The lowest BCUT2D eigenvalue weighted by Gasteiger charge is -2.34. The summed E-state index contributed by atoms with van der Waals surface area (Å²) < 4.78 is 36.4. The summed E-state index contributed by atoms with van der Waals surface area (Å²) in [7, 11) is -3.92. The van der Waals surface area contributed by atoms with Crippen LogP contribution in [-0.4, -0.2) is 31.5 Å². The van der Waals surface area contributed by atoms with Crippen molar-refractivity contribution in [1.29, 1.82) is 0 Å². The summed E-state index contributed by atoms with van der Waals surface area (Å²) >= 11 is 1.11. The number of hydrogen-bond donors (Lipinski definition) is 1. The Morgan fingerprint density at radius 1 is 1.06 bits per heavy atom. The number of para-hydroxylation sites is 2. The van der Waals surface area contributed by atoms with E-state index in [1.807, 2.05) is 13.8 Å². The number of ether oxygens (including phenoxy) is 1. The summed E-state index contributed by atoms with van der Waals surface area (Å²) in [6.07, 6.45) is -1.07. The van der Waals surface area contributed by atoms with Crippen LogP contribution in [0, 0.1) is 0 Å². The van der Waals surface area contributed by atoms with Gasteiger partial charge in [-0.2, -0.15) is 0 Å². The predicted octanol–water partition coefficient (Wildman–Crippen LogP) is 4.24. The highest BCUT2D eigenvalue weighted by Gasteiger charge is 2.37. The van der Waals surface area contributed by atoms with E-state index < -0.39 is 22.0 Å². The molecule has 1 aliphatic rings. The van der Waals surface area contributed by atoms with Crippen LogP contribution in [0.3, 0.4) is 0 Å². The molecular weight excluding hydrogens is 486 g/mol. The number of carbonyl (C=O) groups excluding carboxylic acids is 1. The summed E-state index contributed by atoms with van der Waals surface area (Å²) in [5.74, 6) is -0.177. The first-order chi connectivity index (χ1) is 16.8. The van der Waals surface area contributed by atoms with Gasteiger partial charge in [0.2, 0.25) is 0 Å². The molecule has 0 saturated carbocycles. The number of nitrogens with one attached hydrogen (secondary N) is 1. The number of nitrogens with zero attached hydrogens (tertiary/aromatic N) is 2. The number of carbonyl (C=O) groups is 1. The molecule has 0 bridgehead atoms. The molecule has 4 aromatic rings. The number of thiazole rings is 1. The number of hydrogen-bond acceptors (Lipinski definition) is 6. The van der Waals surface area contributed by atoms with Crippen molar-refractivity contribution in [2.24, 2.45) is 0 Å². The summed E-state index contributed by atoms with van der Waals surface area (Å²) in [4.78, 5) is 25.6. The third-order valence-electron chi connectivity index (χ3n) is 5.76. The predicted molar refractivity (Wildman–Crippen MR) is 137 cm³/mol. The minimum Gasteiger partial charge on any atom is -0.476 e. The maximum absolute atomic E-state index is 13.4. The van der Waals surface area contributed by atoms with Crippen molar-refractivity contribution >= 4 is 48.9 Å². The summed E-state index contributed by atoms with van der Waals surface area (Å²) in [6, 6.07) is 20.1. The fourth-order valence-electron chi connectivity index (χ4n) is 4.11. The lowest BCUT2D eigenvalue weighted by atomic mass is 10.2. The molecule has 1 N–H and O–H groups in total. The first kappa shape index (κ1) is 23.1. The van der Waals surface area contributed by atoms with Gasteiger partial charge < -0.3 is 10.1 Å². The number of aromatic nitrogens is 1. The number of sulfonamides is 1. The molecule has 1 aliphatic heterocycles. The highest BCUT2D eigenvalue weighted by molar-refractivity contribution is 7.92. The third-order valence-corrected chi connectivity index (χ3v) is 8.47. The topological polar surface area (TPSA) is 97.7 Å². The lowest BCUT2D eigenvalue weighted by Crippen LogP contribution is -2.48. The zero-order valence-corrected chi connectivity index (χ0v) is 20.7. The Balaban J connectivity index is 1.44. The molecule has 180 valence electrons. The standard InChI is InChI=1S/C25H23N3O5S2/c1-16(2)28-20-13-12-17(14-23(20)34-25(28)30)26-24(29)22-15-27(19-10-6-7-11-21(19)33-22)35(31,32)18-8-4-3-5-9-18/h3-14,16,22H,15H2,1-2H3,(H,26,29)/t22-/m0/s1. The van der Waals surface area contributed by atoms with E-state index in [1.54, 1.807) is 65.2 Å². The third kappa shape index (κ3) is 4.19. The molecular formula is C25H23N3O5S2. The second kappa shape index (κ2) is 8.86. The van der Waals surface area contributed by atoms with Gasteiger partial charge in [-0.25, -0.2) is 8.42 Å². The van der Waals surface area contributed by atoms with Crippen LogP contribution in [0.15, 0.2) is 82.5 Å². The molecule has 3 aromatic carbocycles. The molecule has 0 saturated heterocycles. The van der Waals surface area contributed by atoms with Gasteiger partial charge in [-0.3, -0.25) is 18.5 Å². The molecule has 1 amide bonds. The first-order valence-electron chi connectivity index (χ1n) is 11.0. The Kier molecular flexibility index (Phi) is 5.86. The fraction of sp³-hybridized carbons (Fsp3) is 0.200. The minimum atomic E-state index is -3.92. The van der Waals surface area contributed by atoms with Crippen LogP contribution in [-0.2, 0) is 14.8 Å². The highest BCUT2D eigenvalue weighted by atomic mass is 32.2. The molecule has 0 spiro atoms. The lowest BCUT2D eigenvalue weighted by molar-refractivity contribution is -0.122. The Bertz CT molecular complexity index is 1580. The van der Waals surface area contributed by atoms with Gasteiger partial charge in [-0.15, -0.1) is 0 Å². The van der Waals surface area contributed by atoms with Gasteiger partial charge in [0, 0.05) is 11.7 Å². The van der Waals surface area contributed by atoms with Crippen LogP contribution >= 0.6 is 11.3 Å². The maximum Gasteiger partial charge on any atom is 0.308 e. The second-order valence-corrected chi connectivity index (χ2v) is 11.3. The van der Waals surface area contributed by atoms with E-state index in [0.29, 0.717) is 17.1 Å². The molecule has 0 aliphatic carbocycles. The fourth-order valence-corrected chi connectivity index (χ4v) is 6.66. The Morgan fingerprint density at radius 2 is 1.77 bits per heavy atom. The molecule has 8 nitrogen and oxygen atoms in total. The smallest absolute Gasteiger partial charge is 0.308 e. The molecule has 10 heteroatoms. The van der Waals surface area contributed by atoms with E-state index in [9.17, 15) is 18.0 Å². The van der Waals surface area contributed by atoms with E-state index in [1.165, 1.54) is 16.4 Å². The minimum absolute atomic E-state index is 0.0185. The Morgan fingerprint density at radius 3 is 2.51 bits per heavy atom. The largest absolute Gasteiger partial charge is 0.476 e. The van der Waals surface area contributed by atoms with Gasteiger partial charge in [0.05, 0.1) is 27.3 Å². The van der Waals surface area contributed by atoms with Gasteiger partial charge in [0.15, 0.2) is 6.10 Å². The number of benzene rings is 3. The van der Waals surface area contributed by atoms with E-state index in [-0.39, 0.29) is 22.4 Å². The maximum atomic E-state index is 13.4. The van der Waals surface area contributed by atoms with Crippen molar-refractivity contribution in [2.75, 3.05) is 16.2 Å². The summed E-state index contributed by atoms with van der Waals surface area (Å²) in [5.41, 5.74) is 1.68. The van der Waals surface area contributed by atoms with Crippen LogP contribution in [0.25, 0.3) is 10.2 Å². The molecule has 0 unspecified atom stereocenters. The van der Waals surface area contributed by atoms with Crippen molar-refractivity contribution in [3.63, 3.8) is 0 Å². The molecule has 5 rings (SSSR count). The zero-order chi connectivity index (χ0) is 24.7. The van der Waals surface area contributed by atoms with Gasteiger partial charge in [0.25, 0.3) is 15.9 Å². The molecule has 1 aromatic heterocycles. The molecule has 2 heterocycles. The summed E-state index contributed by atoms with van der Waals surface area (Å²) in [6.45, 7) is 3.70. The van der Waals surface area contributed by atoms with Crippen molar-refractivity contribution in [3.05, 3.63) is 82.5 Å². The normalized spacial score (nSPS) is 15.6. The average Bonchev–Trinajstić information content (AvgIpc) is 3.18. The van der Waals surface area contributed by atoms with E-state index >= 15 is 0 Å². The zero-order valence-electron chi connectivity index (χ0n) is 19.0. The van der Waals surface area contributed by atoms with Crippen molar-refractivity contribution in [2.45, 2.75) is 30.9 Å². The Labute approximate surface area is 206 Å². The van der Waals surface area contributed by atoms with Crippen LogP contribution in [0.5, 0.6) is 5.75 Å². The molecule has 35 heavy (non-hydrogen) atoms.